The van der Waals surface area contributed by atoms with Gasteiger partial charge in [-0.1, -0.05) is 12.1 Å². The molecule has 27 heavy (non-hydrogen) atoms. The highest BCUT2D eigenvalue weighted by Crippen LogP contribution is 2.34. The van der Waals surface area contributed by atoms with Crippen LogP contribution in [0.4, 0.5) is 11.4 Å². The average molecular weight is 454 g/mol. The van der Waals surface area contributed by atoms with E-state index in [-0.39, 0.29) is 4.90 Å². The van der Waals surface area contributed by atoms with Crippen molar-refractivity contribution >= 4 is 37.3 Å². The molecule has 8 heteroatoms. The number of anilines is 2. The van der Waals surface area contributed by atoms with Crippen LogP contribution in [-0.2, 0) is 10.0 Å². The fourth-order valence-corrected chi connectivity index (χ4v) is 5.35. The van der Waals surface area contributed by atoms with E-state index in [0.29, 0.717) is 16.2 Å². The zero-order valence-corrected chi connectivity index (χ0v) is 17.8. The van der Waals surface area contributed by atoms with E-state index in [2.05, 4.69) is 30.9 Å². The van der Waals surface area contributed by atoms with Crippen molar-refractivity contribution in [3.63, 3.8) is 0 Å². The first-order valence-electron chi connectivity index (χ1n) is 8.81. The van der Waals surface area contributed by atoms with Crippen LogP contribution in [0.1, 0.15) is 12.8 Å². The molecular weight excluding hydrogens is 430 g/mol. The molecule has 1 aliphatic rings. The fraction of sp³-hybridized carbons (Fsp3) is 0.368. The lowest BCUT2D eigenvalue weighted by atomic mass is 10.0. The largest absolute Gasteiger partial charge is 0.495 e. The molecule has 0 unspecified atom stereocenters. The molecule has 6 nitrogen and oxygen atoms in total. The van der Waals surface area contributed by atoms with Gasteiger partial charge in [-0.05, 0) is 72.2 Å². The van der Waals surface area contributed by atoms with Gasteiger partial charge in [0, 0.05) is 17.6 Å². The Balaban J connectivity index is 1.90. The SMILES string of the molecule is COc1ccc(NS(=O)(=O)c2ccccc2Br)cc1N(C)C1CCNCC1. The van der Waals surface area contributed by atoms with Gasteiger partial charge in [-0.2, -0.15) is 0 Å². The summed E-state index contributed by atoms with van der Waals surface area (Å²) < 4.78 is 34.2. The van der Waals surface area contributed by atoms with Crippen molar-refractivity contribution in [2.45, 2.75) is 23.8 Å². The van der Waals surface area contributed by atoms with Crippen LogP contribution < -0.4 is 19.7 Å². The Morgan fingerprint density at radius 2 is 1.89 bits per heavy atom. The van der Waals surface area contributed by atoms with Crippen molar-refractivity contribution in [1.82, 2.24) is 5.32 Å². The van der Waals surface area contributed by atoms with Crippen LogP contribution in [-0.4, -0.2) is 41.7 Å². The summed E-state index contributed by atoms with van der Waals surface area (Å²) in [5.74, 6) is 0.722. The number of hydrogen-bond acceptors (Lipinski definition) is 5. The van der Waals surface area contributed by atoms with Gasteiger partial charge in [-0.25, -0.2) is 8.42 Å². The number of ether oxygens (including phenoxy) is 1. The van der Waals surface area contributed by atoms with Gasteiger partial charge < -0.3 is 15.0 Å². The third kappa shape index (κ3) is 4.56. The number of nitrogens with zero attached hydrogens (tertiary/aromatic N) is 1. The molecule has 0 bridgehead atoms. The lowest BCUT2D eigenvalue weighted by Crippen LogP contribution is -2.41. The van der Waals surface area contributed by atoms with Crippen LogP contribution in [0.3, 0.4) is 0 Å². The van der Waals surface area contributed by atoms with Crippen LogP contribution in [0.15, 0.2) is 51.8 Å². The molecule has 2 N–H and O–H groups in total. The second kappa shape index (κ2) is 8.50. The molecule has 0 spiro atoms. The molecule has 0 amide bonds. The maximum Gasteiger partial charge on any atom is 0.263 e. The summed E-state index contributed by atoms with van der Waals surface area (Å²) in [7, 11) is -0.0444. The predicted molar refractivity (Wildman–Crippen MR) is 112 cm³/mol. The monoisotopic (exact) mass is 453 g/mol. The minimum absolute atomic E-state index is 0.203. The average Bonchev–Trinajstić information content (AvgIpc) is 2.68. The minimum atomic E-state index is -3.70. The van der Waals surface area contributed by atoms with E-state index in [1.165, 1.54) is 0 Å². The van der Waals surface area contributed by atoms with E-state index in [1.807, 2.05) is 13.1 Å². The Hall–Kier alpha value is -1.77. The highest BCUT2D eigenvalue weighted by molar-refractivity contribution is 9.10. The number of hydrogen-bond donors (Lipinski definition) is 2. The van der Waals surface area contributed by atoms with Crippen molar-refractivity contribution in [2.24, 2.45) is 0 Å². The third-order valence-electron chi connectivity index (χ3n) is 4.79. The van der Waals surface area contributed by atoms with Crippen molar-refractivity contribution in [2.75, 3.05) is 36.9 Å². The van der Waals surface area contributed by atoms with Crippen molar-refractivity contribution < 1.29 is 13.2 Å². The van der Waals surface area contributed by atoms with Crippen LogP contribution in [0.2, 0.25) is 0 Å². The van der Waals surface area contributed by atoms with Crippen molar-refractivity contribution in [3.8, 4) is 5.75 Å². The summed E-state index contributed by atoms with van der Waals surface area (Å²) in [6, 6.07) is 12.5. The van der Waals surface area contributed by atoms with Gasteiger partial charge in [0.2, 0.25) is 0 Å². The zero-order valence-electron chi connectivity index (χ0n) is 15.4. The molecule has 0 aromatic heterocycles. The molecule has 1 fully saturated rings. The molecule has 2 aromatic carbocycles. The zero-order chi connectivity index (χ0) is 19.4. The molecule has 0 atom stereocenters. The van der Waals surface area contributed by atoms with E-state index >= 15 is 0 Å². The smallest absolute Gasteiger partial charge is 0.263 e. The standard InChI is InChI=1S/C19H24BrN3O3S/c1-23(15-9-11-21-12-10-15)17-13-14(7-8-18(17)26-2)22-27(24,25)19-6-4-3-5-16(19)20/h3-8,13,15,21-22H,9-12H2,1-2H3. The predicted octanol–water partition coefficient (Wildman–Crippen LogP) is 3.45. The van der Waals surface area contributed by atoms with Gasteiger partial charge in [0.05, 0.1) is 18.5 Å². The second-order valence-corrected chi connectivity index (χ2v) is 9.02. The number of halogens is 1. The molecule has 1 heterocycles. The molecule has 0 saturated carbocycles. The Morgan fingerprint density at radius 1 is 1.19 bits per heavy atom. The van der Waals surface area contributed by atoms with Crippen LogP contribution in [0.25, 0.3) is 0 Å². The highest BCUT2D eigenvalue weighted by atomic mass is 79.9. The third-order valence-corrected chi connectivity index (χ3v) is 7.19. The normalized spacial score (nSPS) is 15.4. The second-order valence-electron chi connectivity index (χ2n) is 6.51. The van der Waals surface area contributed by atoms with E-state index in [9.17, 15) is 8.42 Å². The molecule has 1 aliphatic heterocycles. The number of nitrogens with one attached hydrogen (secondary N) is 2. The van der Waals surface area contributed by atoms with Crippen molar-refractivity contribution in [1.29, 1.82) is 0 Å². The van der Waals surface area contributed by atoms with Gasteiger partial charge >= 0.3 is 0 Å². The number of sulfonamides is 1. The Labute approximate surface area is 169 Å². The topological polar surface area (TPSA) is 70.7 Å². The number of piperidine rings is 1. The first kappa shape index (κ1) is 20.0. The Morgan fingerprint density at radius 3 is 2.56 bits per heavy atom. The molecule has 0 aliphatic carbocycles. The molecule has 0 radical (unpaired) electrons. The minimum Gasteiger partial charge on any atom is -0.495 e. The van der Waals surface area contributed by atoms with Gasteiger partial charge in [0.15, 0.2) is 0 Å². The quantitative estimate of drug-likeness (QED) is 0.700. The maximum atomic E-state index is 12.8. The number of benzene rings is 2. The summed E-state index contributed by atoms with van der Waals surface area (Å²) in [6.45, 7) is 1.96. The van der Waals surface area contributed by atoms with Crippen LogP contribution in [0, 0.1) is 0 Å². The lowest BCUT2D eigenvalue weighted by Gasteiger charge is -2.34. The number of methoxy groups -OCH3 is 1. The molecule has 3 rings (SSSR count). The molecule has 146 valence electrons. The maximum absolute atomic E-state index is 12.8. The highest BCUT2D eigenvalue weighted by Gasteiger charge is 2.22. The molecular formula is C19H24BrN3O3S. The summed E-state index contributed by atoms with van der Waals surface area (Å²) in [4.78, 5) is 2.38. The van der Waals surface area contributed by atoms with Crippen LogP contribution >= 0.6 is 15.9 Å². The van der Waals surface area contributed by atoms with Gasteiger partial charge in [-0.3, -0.25) is 4.72 Å². The number of rotatable bonds is 6. The first-order valence-corrected chi connectivity index (χ1v) is 11.1. The summed E-state index contributed by atoms with van der Waals surface area (Å²) in [6.07, 6.45) is 2.07. The van der Waals surface area contributed by atoms with Gasteiger partial charge in [0.25, 0.3) is 10.0 Å². The Bertz CT molecular complexity index is 899. The van der Waals surface area contributed by atoms with E-state index in [1.54, 1.807) is 43.5 Å². The van der Waals surface area contributed by atoms with Crippen molar-refractivity contribution in [3.05, 3.63) is 46.9 Å². The fourth-order valence-electron chi connectivity index (χ4n) is 3.29. The summed E-state index contributed by atoms with van der Waals surface area (Å²) in [5, 5.41) is 3.36. The lowest BCUT2D eigenvalue weighted by molar-refractivity contribution is 0.406. The van der Waals surface area contributed by atoms with Gasteiger partial charge in [0.1, 0.15) is 10.6 Å². The first-order chi connectivity index (χ1) is 12.9. The van der Waals surface area contributed by atoms with E-state index < -0.39 is 10.0 Å². The summed E-state index contributed by atoms with van der Waals surface area (Å²) in [5.41, 5.74) is 1.37. The van der Waals surface area contributed by atoms with E-state index in [0.717, 1.165) is 37.4 Å². The van der Waals surface area contributed by atoms with Crippen LogP contribution in [0.5, 0.6) is 5.75 Å². The van der Waals surface area contributed by atoms with E-state index in [4.69, 9.17) is 4.74 Å². The molecule has 2 aromatic rings. The Kier molecular flexibility index (Phi) is 6.29. The molecule has 1 saturated heterocycles. The summed E-state index contributed by atoms with van der Waals surface area (Å²) >= 11 is 3.30. The van der Waals surface area contributed by atoms with Gasteiger partial charge in [-0.15, -0.1) is 0 Å².